The van der Waals surface area contributed by atoms with Gasteiger partial charge in [-0.15, -0.1) is 0 Å². The Balaban J connectivity index is 1.82. The van der Waals surface area contributed by atoms with Crippen molar-refractivity contribution in [2.24, 2.45) is 0 Å². The number of benzene rings is 1. The van der Waals surface area contributed by atoms with E-state index in [1.54, 1.807) is 7.11 Å². The molecule has 1 aliphatic heterocycles. The molecule has 20 heavy (non-hydrogen) atoms. The maximum atomic E-state index is 5.26. The van der Waals surface area contributed by atoms with Crippen molar-refractivity contribution >= 4 is 16.6 Å². The van der Waals surface area contributed by atoms with Gasteiger partial charge in [0.05, 0.1) is 7.11 Å². The third-order valence-electron chi connectivity index (χ3n) is 3.61. The highest BCUT2D eigenvalue weighted by molar-refractivity contribution is 5.92. The Morgan fingerprint density at radius 2 is 2.30 bits per heavy atom. The van der Waals surface area contributed by atoms with Gasteiger partial charge in [0.15, 0.2) is 0 Å². The van der Waals surface area contributed by atoms with E-state index < -0.39 is 0 Å². The van der Waals surface area contributed by atoms with Crippen molar-refractivity contribution in [3.63, 3.8) is 0 Å². The van der Waals surface area contributed by atoms with Crippen molar-refractivity contribution in [2.75, 3.05) is 32.1 Å². The molecule has 104 valence electrons. The van der Waals surface area contributed by atoms with Gasteiger partial charge in [0.2, 0.25) is 0 Å². The van der Waals surface area contributed by atoms with Gasteiger partial charge in [0.1, 0.15) is 11.6 Å². The predicted molar refractivity (Wildman–Crippen MR) is 82.4 cm³/mol. The standard InChI is InChI=1S/C16H19N3O/c1-20-14-2-3-15-13(10-14)6-9-18-16(15)19-11-12-4-7-17-8-5-12/h2-4,6,9-10,17H,5,7-8,11H2,1H3,(H,18,19). The fourth-order valence-electron chi connectivity index (χ4n) is 2.45. The second kappa shape index (κ2) is 5.92. The molecule has 2 N–H and O–H groups in total. The lowest BCUT2D eigenvalue weighted by Crippen LogP contribution is -2.23. The zero-order valence-corrected chi connectivity index (χ0v) is 11.6. The summed E-state index contributed by atoms with van der Waals surface area (Å²) in [5.41, 5.74) is 1.44. The number of nitrogens with one attached hydrogen (secondary N) is 2. The minimum Gasteiger partial charge on any atom is -0.497 e. The molecule has 0 unspecified atom stereocenters. The molecule has 1 aromatic heterocycles. The quantitative estimate of drug-likeness (QED) is 0.837. The number of rotatable bonds is 4. The fourth-order valence-corrected chi connectivity index (χ4v) is 2.45. The van der Waals surface area contributed by atoms with Crippen molar-refractivity contribution in [2.45, 2.75) is 6.42 Å². The third kappa shape index (κ3) is 2.75. The largest absolute Gasteiger partial charge is 0.497 e. The highest BCUT2D eigenvalue weighted by Gasteiger charge is 2.06. The Morgan fingerprint density at radius 3 is 3.10 bits per heavy atom. The normalized spacial score (nSPS) is 14.9. The van der Waals surface area contributed by atoms with Crippen LogP contribution in [0, 0.1) is 0 Å². The Labute approximate surface area is 118 Å². The number of anilines is 1. The van der Waals surface area contributed by atoms with E-state index in [9.17, 15) is 0 Å². The molecule has 4 nitrogen and oxygen atoms in total. The van der Waals surface area contributed by atoms with E-state index in [0.29, 0.717) is 0 Å². The van der Waals surface area contributed by atoms with Crippen LogP contribution in [0.25, 0.3) is 10.8 Å². The first kappa shape index (κ1) is 12.9. The van der Waals surface area contributed by atoms with Gasteiger partial charge >= 0.3 is 0 Å². The molecule has 1 aliphatic rings. The summed E-state index contributed by atoms with van der Waals surface area (Å²) in [5.74, 6) is 1.81. The van der Waals surface area contributed by atoms with Crippen LogP contribution in [0.1, 0.15) is 6.42 Å². The van der Waals surface area contributed by atoms with Crippen molar-refractivity contribution in [3.8, 4) is 5.75 Å². The maximum Gasteiger partial charge on any atom is 0.134 e. The van der Waals surface area contributed by atoms with Crippen LogP contribution in [0.15, 0.2) is 42.1 Å². The lowest BCUT2D eigenvalue weighted by atomic mass is 10.1. The van der Waals surface area contributed by atoms with Crippen LogP contribution in [0.4, 0.5) is 5.82 Å². The molecule has 0 amide bonds. The second-order valence-electron chi connectivity index (χ2n) is 4.92. The van der Waals surface area contributed by atoms with Gasteiger partial charge in [0.25, 0.3) is 0 Å². The van der Waals surface area contributed by atoms with Crippen molar-refractivity contribution in [1.82, 2.24) is 10.3 Å². The molecule has 0 saturated heterocycles. The number of nitrogens with zero attached hydrogens (tertiary/aromatic N) is 1. The number of pyridine rings is 1. The van der Waals surface area contributed by atoms with Gasteiger partial charge in [0, 0.05) is 24.7 Å². The smallest absolute Gasteiger partial charge is 0.134 e. The first-order valence-corrected chi connectivity index (χ1v) is 6.92. The van der Waals surface area contributed by atoms with E-state index in [1.165, 1.54) is 5.57 Å². The van der Waals surface area contributed by atoms with E-state index in [2.05, 4.69) is 27.8 Å². The Kier molecular flexibility index (Phi) is 3.83. The van der Waals surface area contributed by atoms with Gasteiger partial charge in [-0.1, -0.05) is 11.6 Å². The molecule has 3 rings (SSSR count). The van der Waals surface area contributed by atoms with Crippen LogP contribution in [0.5, 0.6) is 5.75 Å². The minimum absolute atomic E-state index is 0.861. The molecule has 0 bridgehead atoms. The first-order valence-electron chi connectivity index (χ1n) is 6.92. The van der Waals surface area contributed by atoms with Gasteiger partial charge in [-0.2, -0.15) is 0 Å². The van der Waals surface area contributed by atoms with Crippen molar-refractivity contribution in [3.05, 3.63) is 42.1 Å². The van der Waals surface area contributed by atoms with Gasteiger partial charge in [-0.3, -0.25) is 0 Å². The summed E-state index contributed by atoms with van der Waals surface area (Å²) in [6.45, 7) is 2.89. The number of hydrogen-bond acceptors (Lipinski definition) is 4. The zero-order valence-electron chi connectivity index (χ0n) is 11.6. The summed E-state index contributed by atoms with van der Waals surface area (Å²) in [6.07, 6.45) is 5.19. The summed E-state index contributed by atoms with van der Waals surface area (Å²) < 4.78 is 5.26. The molecule has 2 heterocycles. The summed E-state index contributed by atoms with van der Waals surface area (Å²) in [7, 11) is 1.69. The van der Waals surface area contributed by atoms with Crippen LogP contribution in [-0.2, 0) is 0 Å². The lowest BCUT2D eigenvalue weighted by Gasteiger charge is -2.15. The van der Waals surface area contributed by atoms with Crippen LogP contribution in [-0.4, -0.2) is 31.7 Å². The van der Waals surface area contributed by atoms with Crippen LogP contribution in [0.2, 0.25) is 0 Å². The molecule has 2 aromatic rings. The zero-order chi connectivity index (χ0) is 13.8. The number of fused-ring (bicyclic) bond motifs is 1. The van der Waals surface area contributed by atoms with E-state index in [0.717, 1.165) is 48.4 Å². The van der Waals surface area contributed by atoms with Crippen molar-refractivity contribution in [1.29, 1.82) is 0 Å². The summed E-state index contributed by atoms with van der Waals surface area (Å²) >= 11 is 0. The molecule has 0 spiro atoms. The molecule has 4 heteroatoms. The molecular formula is C16H19N3O. The van der Waals surface area contributed by atoms with E-state index in [4.69, 9.17) is 4.74 Å². The molecule has 0 aliphatic carbocycles. The maximum absolute atomic E-state index is 5.26. The number of ether oxygens (including phenoxy) is 1. The lowest BCUT2D eigenvalue weighted by molar-refractivity contribution is 0.415. The summed E-state index contributed by atoms with van der Waals surface area (Å²) in [6, 6.07) is 8.07. The number of aromatic nitrogens is 1. The van der Waals surface area contributed by atoms with Crippen LogP contribution < -0.4 is 15.4 Å². The summed E-state index contributed by atoms with van der Waals surface area (Å²) in [4.78, 5) is 4.45. The van der Waals surface area contributed by atoms with Gasteiger partial charge in [-0.05, 0) is 42.6 Å². The average Bonchev–Trinajstić information content (AvgIpc) is 2.53. The van der Waals surface area contributed by atoms with Gasteiger partial charge in [-0.25, -0.2) is 4.98 Å². The SMILES string of the molecule is COc1ccc2c(NCC3=CCNCC3)nccc2c1. The first-order chi connectivity index (χ1) is 9.86. The van der Waals surface area contributed by atoms with Crippen molar-refractivity contribution < 1.29 is 4.74 Å². The highest BCUT2D eigenvalue weighted by atomic mass is 16.5. The second-order valence-corrected chi connectivity index (χ2v) is 4.92. The van der Waals surface area contributed by atoms with E-state index in [-0.39, 0.29) is 0 Å². The topological polar surface area (TPSA) is 46.2 Å². The summed E-state index contributed by atoms with van der Waals surface area (Å²) in [5, 5.41) is 9.04. The molecular weight excluding hydrogens is 250 g/mol. The Bertz CT molecular complexity index is 637. The molecule has 0 saturated carbocycles. The number of hydrogen-bond donors (Lipinski definition) is 2. The van der Waals surface area contributed by atoms with Crippen LogP contribution in [0.3, 0.4) is 0 Å². The average molecular weight is 269 g/mol. The Morgan fingerprint density at radius 1 is 1.35 bits per heavy atom. The third-order valence-corrected chi connectivity index (χ3v) is 3.61. The Hall–Kier alpha value is -2.07. The molecule has 0 radical (unpaired) electrons. The highest BCUT2D eigenvalue weighted by Crippen LogP contribution is 2.25. The van der Waals surface area contributed by atoms with Gasteiger partial charge < -0.3 is 15.4 Å². The van der Waals surface area contributed by atoms with Crippen LogP contribution >= 0.6 is 0 Å². The molecule has 0 atom stereocenters. The molecule has 0 fully saturated rings. The fraction of sp³-hybridized carbons (Fsp3) is 0.312. The minimum atomic E-state index is 0.861. The van der Waals surface area contributed by atoms with E-state index in [1.807, 2.05) is 24.4 Å². The monoisotopic (exact) mass is 269 g/mol. The van der Waals surface area contributed by atoms with E-state index >= 15 is 0 Å². The predicted octanol–water partition coefficient (Wildman–Crippen LogP) is 2.58. The molecule has 1 aromatic carbocycles. The number of methoxy groups -OCH3 is 1.